The van der Waals surface area contributed by atoms with E-state index < -0.39 is 0 Å². The highest BCUT2D eigenvalue weighted by molar-refractivity contribution is 4.81. The van der Waals surface area contributed by atoms with Crippen molar-refractivity contribution in [3.8, 4) is 0 Å². The third-order valence-electron chi connectivity index (χ3n) is 3.57. The summed E-state index contributed by atoms with van der Waals surface area (Å²) >= 11 is 0. The second kappa shape index (κ2) is 13.0. The predicted octanol–water partition coefficient (Wildman–Crippen LogP) is 5.01. The van der Waals surface area contributed by atoms with Gasteiger partial charge in [0.15, 0.2) is 0 Å². The first-order valence-electron chi connectivity index (χ1n) is 7.47. The first-order valence-corrected chi connectivity index (χ1v) is 7.47. The average molecular weight is 229 g/mol. The van der Waals surface area contributed by atoms with Crippen LogP contribution in [0.1, 0.15) is 79.6 Å². The Bertz CT molecular complexity index is 115. The van der Waals surface area contributed by atoms with Crippen molar-refractivity contribution in [2.45, 2.75) is 79.6 Å². The molecular weight excluding hydrogens is 194 g/mol. The molecule has 0 saturated heterocycles. The van der Waals surface area contributed by atoms with E-state index in [1.165, 1.54) is 51.5 Å². The highest BCUT2D eigenvalue weighted by Gasteiger charge is 2.28. The normalized spacial score (nSPS) is 17.6. The zero-order valence-electron chi connectivity index (χ0n) is 12.7. The van der Waals surface area contributed by atoms with Crippen molar-refractivity contribution in [1.82, 2.24) is 5.32 Å². The van der Waals surface area contributed by atoms with Gasteiger partial charge < -0.3 is 5.32 Å². The maximum Gasteiger partial charge on any atom is -0.00466 e. The lowest BCUT2D eigenvalue weighted by atomic mass is 9.70. The molecule has 1 nitrogen and oxygen atoms in total. The van der Waals surface area contributed by atoms with Crippen molar-refractivity contribution in [2.75, 3.05) is 13.6 Å². The van der Waals surface area contributed by atoms with Crippen LogP contribution in [0.3, 0.4) is 0 Å². The molecule has 16 heavy (non-hydrogen) atoms. The lowest BCUT2D eigenvalue weighted by Crippen LogP contribution is -2.27. The molecule has 1 fully saturated rings. The molecule has 1 N–H and O–H groups in total. The van der Waals surface area contributed by atoms with E-state index in [1.54, 1.807) is 0 Å². The molecule has 1 rings (SSSR count). The summed E-state index contributed by atoms with van der Waals surface area (Å²) in [5.41, 5.74) is 0.710. The molecule has 1 aliphatic carbocycles. The smallest absolute Gasteiger partial charge is 0.00466 e. The summed E-state index contributed by atoms with van der Waals surface area (Å²) < 4.78 is 0. The Balaban J connectivity index is 0. The molecule has 1 heteroatoms. The maximum absolute atomic E-state index is 3.27. The molecule has 0 aliphatic heterocycles. The van der Waals surface area contributed by atoms with Gasteiger partial charge in [0.05, 0.1) is 0 Å². The molecule has 1 saturated carbocycles. The SMILES string of the molecule is CC.CC.CCC1(CCNC)CCCCC1. The summed E-state index contributed by atoms with van der Waals surface area (Å²) in [5, 5.41) is 3.27. The summed E-state index contributed by atoms with van der Waals surface area (Å²) in [4.78, 5) is 0. The Morgan fingerprint density at radius 1 is 0.938 bits per heavy atom. The fourth-order valence-corrected chi connectivity index (χ4v) is 2.47. The third kappa shape index (κ3) is 7.27. The molecular formula is C15H35N. The number of nitrogens with one attached hydrogen (secondary N) is 1. The van der Waals surface area contributed by atoms with Crippen LogP contribution in [0.4, 0.5) is 0 Å². The Labute approximate surface area is 104 Å². The Morgan fingerprint density at radius 3 is 1.81 bits per heavy atom. The molecule has 0 aromatic rings. The van der Waals surface area contributed by atoms with Gasteiger partial charge >= 0.3 is 0 Å². The highest BCUT2D eigenvalue weighted by atomic mass is 14.8. The number of hydrogen-bond donors (Lipinski definition) is 1. The quantitative estimate of drug-likeness (QED) is 0.714. The van der Waals surface area contributed by atoms with Crippen molar-refractivity contribution < 1.29 is 0 Å². The molecule has 0 aromatic carbocycles. The van der Waals surface area contributed by atoms with E-state index in [0.29, 0.717) is 5.41 Å². The van der Waals surface area contributed by atoms with E-state index in [4.69, 9.17) is 0 Å². The van der Waals surface area contributed by atoms with Crippen LogP contribution in [-0.2, 0) is 0 Å². The van der Waals surface area contributed by atoms with Gasteiger partial charge in [0.2, 0.25) is 0 Å². The Kier molecular flexibility index (Phi) is 14.9. The van der Waals surface area contributed by atoms with E-state index in [9.17, 15) is 0 Å². The molecule has 0 spiro atoms. The molecule has 0 unspecified atom stereocenters. The molecule has 0 radical (unpaired) electrons. The average Bonchev–Trinajstić information content (AvgIpc) is 2.42. The molecule has 0 amide bonds. The largest absolute Gasteiger partial charge is 0.320 e. The fourth-order valence-electron chi connectivity index (χ4n) is 2.47. The lowest BCUT2D eigenvalue weighted by Gasteiger charge is -2.36. The Hall–Kier alpha value is -0.0400. The fraction of sp³-hybridized carbons (Fsp3) is 1.00. The van der Waals surface area contributed by atoms with Crippen LogP contribution in [0.5, 0.6) is 0 Å². The zero-order valence-corrected chi connectivity index (χ0v) is 12.7. The van der Waals surface area contributed by atoms with Gasteiger partial charge in [-0.05, 0) is 38.3 Å². The topological polar surface area (TPSA) is 12.0 Å². The van der Waals surface area contributed by atoms with Crippen molar-refractivity contribution in [3.05, 3.63) is 0 Å². The molecule has 0 heterocycles. The van der Waals surface area contributed by atoms with E-state index in [1.807, 2.05) is 27.7 Å². The summed E-state index contributed by atoms with van der Waals surface area (Å²) in [6, 6.07) is 0. The highest BCUT2D eigenvalue weighted by Crippen LogP contribution is 2.41. The lowest BCUT2D eigenvalue weighted by molar-refractivity contribution is 0.165. The molecule has 0 atom stereocenters. The summed E-state index contributed by atoms with van der Waals surface area (Å²) in [7, 11) is 2.06. The first-order chi connectivity index (χ1) is 7.83. The monoisotopic (exact) mass is 229 g/mol. The Morgan fingerprint density at radius 2 is 1.44 bits per heavy atom. The van der Waals surface area contributed by atoms with Gasteiger partial charge in [-0.15, -0.1) is 0 Å². The van der Waals surface area contributed by atoms with E-state index >= 15 is 0 Å². The zero-order chi connectivity index (χ0) is 12.9. The van der Waals surface area contributed by atoms with Crippen molar-refractivity contribution in [3.63, 3.8) is 0 Å². The van der Waals surface area contributed by atoms with Crippen molar-refractivity contribution in [2.24, 2.45) is 5.41 Å². The van der Waals surface area contributed by atoms with Crippen LogP contribution in [0.25, 0.3) is 0 Å². The van der Waals surface area contributed by atoms with Gasteiger partial charge in [0.25, 0.3) is 0 Å². The minimum absolute atomic E-state index is 0.710. The van der Waals surface area contributed by atoms with Gasteiger partial charge in [0.1, 0.15) is 0 Å². The van der Waals surface area contributed by atoms with Crippen LogP contribution in [0.15, 0.2) is 0 Å². The second-order valence-corrected chi connectivity index (χ2v) is 4.27. The first kappa shape index (κ1) is 18.3. The molecule has 0 aromatic heterocycles. The maximum atomic E-state index is 3.27. The van der Waals surface area contributed by atoms with Gasteiger partial charge in [-0.2, -0.15) is 0 Å². The summed E-state index contributed by atoms with van der Waals surface area (Å²) in [6.45, 7) is 11.6. The second-order valence-electron chi connectivity index (χ2n) is 4.27. The van der Waals surface area contributed by atoms with Crippen molar-refractivity contribution >= 4 is 0 Å². The van der Waals surface area contributed by atoms with E-state index in [-0.39, 0.29) is 0 Å². The van der Waals surface area contributed by atoms with E-state index in [2.05, 4.69) is 19.3 Å². The minimum atomic E-state index is 0.710. The van der Waals surface area contributed by atoms with Gasteiger partial charge in [-0.3, -0.25) is 0 Å². The van der Waals surface area contributed by atoms with Crippen LogP contribution in [0.2, 0.25) is 0 Å². The predicted molar refractivity (Wildman–Crippen MR) is 77.0 cm³/mol. The van der Waals surface area contributed by atoms with Crippen LogP contribution < -0.4 is 5.32 Å². The van der Waals surface area contributed by atoms with Crippen LogP contribution >= 0.6 is 0 Å². The summed E-state index contributed by atoms with van der Waals surface area (Å²) in [5.74, 6) is 0. The molecule has 0 bridgehead atoms. The number of hydrogen-bond acceptors (Lipinski definition) is 1. The third-order valence-corrected chi connectivity index (χ3v) is 3.57. The minimum Gasteiger partial charge on any atom is -0.320 e. The van der Waals surface area contributed by atoms with Gasteiger partial charge in [0, 0.05) is 0 Å². The summed E-state index contributed by atoms with van der Waals surface area (Å²) in [6.07, 6.45) is 10.1. The van der Waals surface area contributed by atoms with Gasteiger partial charge in [-0.1, -0.05) is 60.3 Å². The van der Waals surface area contributed by atoms with Crippen LogP contribution in [-0.4, -0.2) is 13.6 Å². The van der Waals surface area contributed by atoms with E-state index in [0.717, 1.165) is 0 Å². The molecule has 1 aliphatic rings. The number of rotatable bonds is 4. The van der Waals surface area contributed by atoms with Crippen molar-refractivity contribution in [1.29, 1.82) is 0 Å². The molecule has 100 valence electrons. The van der Waals surface area contributed by atoms with Gasteiger partial charge in [-0.25, -0.2) is 0 Å². The van der Waals surface area contributed by atoms with Crippen LogP contribution in [0, 0.1) is 5.41 Å². The standard InChI is InChI=1S/C11H23N.2C2H6/c1-3-11(9-10-12-2)7-5-4-6-8-11;2*1-2/h12H,3-10H2,1-2H3;2*1-2H3.